The summed E-state index contributed by atoms with van der Waals surface area (Å²) < 4.78 is 6.67. The van der Waals surface area contributed by atoms with Crippen LogP contribution in [-0.2, 0) is 20.0 Å². The van der Waals surface area contributed by atoms with Gasteiger partial charge in [-0.15, -0.1) is 0 Å². The third kappa shape index (κ3) is 2.78. The summed E-state index contributed by atoms with van der Waals surface area (Å²) in [5.74, 6) is 0.292. The molecule has 0 saturated carbocycles. The van der Waals surface area contributed by atoms with Gasteiger partial charge in [0.2, 0.25) is 5.76 Å². The van der Waals surface area contributed by atoms with E-state index in [0.717, 1.165) is 12.1 Å². The lowest BCUT2D eigenvalue weighted by atomic mass is 10.0. The molecular weight excluding hydrogens is 296 g/mol. The topological polar surface area (TPSA) is 81.2 Å². The minimum Gasteiger partial charge on any atom is -0.351 e. The van der Waals surface area contributed by atoms with E-state index in [1.165, 1.54) is 10.9 Å². The Bertz CT molecular complexity index is 793. The highest BCUT2D eigenvalue weighted by Crippen LogP contribution is 2.21. The van der Waals surface area contributed by atoms with Crippen LogP contribution in [0, 0.1) is 0 Å². The maximum Gasteiger partial charge on any atom is 0.292 e. The first-order valence-electron chi connectivity index (χ1n) is 7.80. The smallest absolute Gasteiger partial charge is 0.292 e. The van der Waals surface area contributed by atoms with E-state index in [9.17, 15) is 9.59 Å². The fourth-order valence-electron chi connectivity index (χ4n) is 2.68. The zero-order valence-corrected chi connectivity index (χ0v) is 13.6. The molecule has 0 radical (unpaired) electrons. The molecule has 0 aromatic carbocycles. The molecule has 2 aromatic rings. The molecule has 1 amide bonds. The molecule has 7 nitrogen and oxygen atoms in total. The minimum absolute atomic E-state index is 0.0409. The Morgan fingerprint density at radius 2 is 2.26 bits per heavy atom. The average molecular weight is 316 g/mol. The molecule has 1 atom stereocenters. The Balaban J connectivity index is 1.81. The highest BCUT2D eigenvalue weighted by Gasteiger charge is 2.27. The summed E-state index contributed by atoms with van der Waals surface area (Å²) in [6, 6.07) is 1.71. The average Bonchev–Trinajstić information content (AvgIpc) is 3.06. The van der Waals surface area contributed by atoms with Gasteiger partial charge in [-0.1, -0.05) is 19.0 Å². The number of carbonyl (C=O) groups is 1. The monoisotopic (exact) mass is 316 g/mol. The summed E-state index contributed by atoms with van der Waals surface area (Å²) in [6.07, 6.45) is 2.93. The number of amides is 1. The molecule has 0 N–H and O–H groups in total. The molecule has 1 aliphatic heterocycles. The fraction of sp³-hybridized carbons (Fsp3) is 0.500. The van der Waals surface area contributed by atoms with Crippen molar-refractivity contribution in [3.63, 3.8) is 0 Å². The van der Waals surface area contributed by atoms with Gasteiger partial charge in [0.25, 0.3) is 11.5 Å². The summed E-state index contributed by atoms with van der Waals surface area (Å²) >= 11 is 0. The Labute approximate surface area is 133 Å². The number of fused-ring (bicyclic) bond motifs is 1. The van der Waals surface area contributed by atoms with Gasteiger partial charge in [-0.05, 0) is 12.8 Å². The quantitative estimate of drug-likeness (QED) is 0.856. The number of hydrogen-bond donors (Lipinski definition) is 0. The van der Waals surface area contributed by atoms with Gasteiger partial charge in [0, 0.05) is 31.1 Å². The van der Waals surface area contributed by atoms with Gasteiger partial charge in [-0.25, -0.2) is 4.98 Å². The molecule has 122 valence electrons. The molecule has 3 heterocycles. The summed E-state index contributed by atoms with van der Waals surface area (Å²) in [5, 5.41) is 3.98. The molecule has 7 heteroatoms. The van der Waals surface area contributed by atoms with E-state index in [1.54, 1.807) is 18.0 Å². The molecule has 23 heavy (non-hydrogen) atoms. The van der Waals surface area contributed by atoms with Crippen LogP contribution >= 0.6 is 0 Å². The SMILES string of the molecule is CC[C@H](C)c1cc(C(=O)N2CCc3c(ncn(C)c3=O)C2)on1. The predicted octanol–water partition coefficient (Wildman–Crippen LogP) is 1.48. The van der Waals surface area contributed by atoms with Crippen LogP contribution in [0.15, 0.2) is 21.7 Å². The number of aryl methyl sites for hydroxylation is 1. The maximum absolute atomic E-state index is 12.6. The molecule has 1 aliphatic rings. The Morgan fingerprint density at radius 3 is 3.00 bits per heavy atom. The number of aromatic nitrogens is 3. The Kier molecular flexibility index (Phi) is 4.02. The van der Waals surface area contributed by atoms with Crippen LogP contribution in [0.2, 0.25) is 0 Å². The lowest BCUT2D eigenvalue weighted by molar-refractivity contribution is 0.0688. The molecule has 0 unspecified atom stereocenters. The van der Waals surface area contributed by atoms with Gasteiger partial charge < -0.3 is 14.0 Å². The van der Waals surface area contributed by atoms with E-state index < -0.39 is 0 Å². The maximum atomic E-state index is 12.6. The Morgan fingerprint density at radius 1 is 1.48 bits per heavy atom. The largest absolute Gasteiger partial charge is 0.351 e. The first-order chi connectivity index (χ1) is 11.0. The van der Waals surface area contributed by atoms with Gasteiger partial charge in [0.1, 0.15) is 0 Å². The normalized spacial score (nSPS) is 15.3. The van der Waals surface area contributed by atoms with Gasteiger partial charge in [-0.3, -0.25) is 9.59 Å². The molecule has 0 bridgehead atoms. The second-order valence-corrected chi connectivity index (χ2v) is 5.99. The molecule has 3 rings (SSSR count). The van der Waals surface area contributed by atoms with Crippen molar-refractivity contribution in [2.75, 3.05) is 6.54 Å². The molecule has 0 spiro atoms. The summed E-state index contributed by atoms with van der Waals surface area (Å²) in [7, 11) is 1.68. The van der Waals surface area contributed by atoms with Crippen LogP contribution in [0.3, 0.4) is 0 Å². The first kappa shape index (κ1) is 15.5. The van der Waals surface area contributed by atoms with Crippen LogP contribution in [0.4, 0.5) is 0 Å². The number of rotatable bonds is 3. The van der Waals surface area contributed by atoms with Gasteiger partial charge >= 0.3 is 0 Å². The molecule has 0 fully saturated rings. The second-order valence-electron chi connectivity index (χ2n) is 5.99. The van der Waals surface area contributed by atoms with E-state index in [2.05, 4.69) is 17.1 Å². The van der Waals surface area contributed by atoms with Gasteiger partial charge in [0.05, 0.1) is 24.3 Å². The molecule has 0 saturated heterocycles. The molecule has 0 aliphatic carbocycles. The van der Waals surface area contributed by atoms with Crippen LogP contribution in [0.25, 0.3) is 0 Å². The van der Waals surface area contributed by atoms with E-state index in [0.29, 0.717) is 30.8 Å². The van der Waals surface area contributed by atoms with Crippen molar-refractivity contribution in [2.45, 2.75) is 39.2 Å². The first-order valence-corrected chi connectivity index (χ1v) is 7.80. The van der Waals surface area contributed by atoms with Crippen molar-refractivity contribution in [2.24, 2.45) is 7.05 Å². The number of carbonyl (C=O) groups excluding carboxylic acids is 1. The van der Waals surface area contributed by atoms with Crippen LogP contribution < -0.4 is 5.56 Å². The highest BCUT2D eigenvalue weighted by molar-refractivity contribution is 5.91. The zero-order chi connectivity index (χ0) is 16.6. The summed E-state index contributed by atoms with van der Waals surface area (Å²) in [6.45, 7) is 4.91. The number of hydrogen-bond acceptors (Lipinski definition) is 5. The lowest BCUT2D eigenvalue weighted by Crippen LogP contribution is -2.39. The fourth-order valence-corrected chi connectivity index (χ4v) is 2.68. The van der Waals surface area contributed by atoms with Crippen molar-refractivity contribution in [3.05, 3.63) is 45.5 Å². The van der Waals surface area contributed by atoms with Crippen LogP contribution in [0.5, 0.6) is 0 Å². The van der Waals surface area contributed by atoms with Crippen LogP contribution in [-0.4, -0.2) is 32.1 Å². The van der Waals surface area contributed by atoms with E-state index in [4.69, 9.17) is 4.52 Å². The molecular formula is C16H20N4O3. The number of nitrogens with zero attached hydrogens (tertiary/aromatic N) is 4. The third-order valence-electron chi connectivity index (χ3n) is 4.43. The van der Waals surface area contributed by atoms with Crippen molar-refractivity contribution < 1.29 is 9.32 Å². The second kappa shape index (κ2) is 5.98. The van der Waals surface area contributed by atoms with Crippen molar-refractivity contribution in [3.8, 4) is 0 Å². The van der Waals surface area contributed by atoms with E-state index in [1.807, 2.05) is 6.92 Å². The minimum atomic E-state index is -0.208. The third-order valence-corrected chi connectivity index (χ3v) is 4.43. The van der Waals surface area contributed by atoms with Gasteiger partial charge in [0.15, 0.2) is 0 Å². The van der Waals surface area contributed by atoms with Gasteiger partial charge in [-0.2, -0.15) is 0 Å². The predicted molar refractivity (Wildman–Crippen MR) is 83.1 cm³/mol. The van der Waals surface area contributed by atoms with Crippen LogP contribution in [0.1, 0.15) is 53.7 Å². The highest BCUT2D eigenvalue weighted by atomic mass is 16.5. The standard InChI is InChI=1S/C16H20N4O3/c1-4-10(2)12-7-14(23-18-12)16(22)20-6-5-11-13(8-20)17-9-19(3)15(11)21/h7,9-10H,4-6,8H2,1-3H3/t10-/m0/s1. The van der Waals surface area contributed by atoms with Crippen molar-refractivity contribution >= 4 is 5.91 Å². The Hall–Kier alpha value is -2.44. The van der Waals surface area contributed by atoms with Crippen molar-refractivity contribution in [1.29, 1.82) is 0 Å². The van der Waals surface area contributed by atoms with Crippen molar-refractivity contribution in [1.82, 2.24) is 19.6 Å². The summed E-state index contributed by atoms with van der Waals surface area (Å²) in [4.78, 5) is 30.6. The lowest BCUT2D eigenvalue weighted by Gasteiger charge is -2.26. The van der Waals surface area contributed by atoms with E-state index in [-0.39, 0.29) is 23.1 Å². The summed E-state index contributed by atoms with van der Waals surface area (Å²) in [5.41, 5.74) is 2.10. The zero-order valence-electron chi connectivity index (χ0n) is 13.6. The van der Waals surface area contributed by atoms with E-state index >= 15 is 0 Å². The molecule has 2 aromatic heterocycles.